The number of piperazine rings is 1. The smallest absolute Gasteiger partial charge is 0.264 e. The van der Waals surface area contributed by atoms with Crippen LogP contribution >= 0.6 is 22.7 Å². The molecule has 100 valence electrons. The molecule has 0 spiro atoms. The molecule has 0 atom stereocenters. The van der Waals surface area contributed by atoms with Crippen LogP contribution in [0.4, 0.5) is 0 Å². The van der Waals surface area contributed by atoms with Crippen LogP contribution in [0.3, 0.4) is 0 Å². The SMILES string of the molecule is O=C(c1cccs1)N1CCN(Cc2ccsc2)CC1. The third-order valence-corrected chi connectivity index (χ3v) is 4.97. The van der Waals surface area contributed by atoms with Gasteiger partial charge in [-0.2, -0.15) is 11.3 Å². The third-order valence-electron chi connectivity index (χ3n) is 3.38. The van der Waals surface area contributed by atoms with Crippen molar-refractivity contribution in [1.82, 2.24) is 9.80 Å². The van der Waals surface area contributed by atoms with Crippen molar-refractivity contribution in [2.45, 2.75) is 6.54 Å². The van der Waals surface area contributed by atoms with Crippen LogP contribution in [-0.4, -0.2) is 41.9 Å². The molecule has 1 amide bonds. The number of carbonyl (C=O) groups is 1. The summed E-state index contributed by atoms with van der Waals surface area (Å²) in [7, 11) is 0. The number of rotatable bonds is 3. The Hall–Kier alpha value is -1.17. The minimum absolute atomic E-state index is 0.185. The first-order valence-electron chi connectivity index (χ1n) is 6.39. The molecule has 3 nitrogen and oxygen atoms in total. The summed E-state index contributed by atoms with van der Waals surface area (Å²) in [5.41, 5.74) is 1.38. The zero-order valence-electron chi connectivity index (χ0n) is 10.6. The van der Waals surface area contributed by atoms with Crippen LogP contribution in [0.25, 0.3) is 0 Å². The van der Waals surface area contributed by atoms with E-state index in [1.165, 1.54) is 16.9 Å². The Balaban J connectivity index is 1.53. The number of amides is 1. The Bertz CT molecular complexity index is 514. The van der Waals surface area contributed by atoms with Gasteiger partial charge in [-0.05, 0) is 33.8 Å². The van der Waals surface area contributed by atoms with Crippen molar-refractivity contribution in [2.24, 2.45) is 0 Å². The van der Waals surface area contributed by atoms with E-state index in [1.807, 2.05) is 22.4 Å². The molecular formula is C14H16N2OS2. The highest BCUT2D eigenvalue weighted by molar-refractivity contribution is 7.12. The summed E-state index contributed by atoms with van der Waals surface area (Å²) < 4.78 is 0. The molecule has 0 aromatic carbocycles. The van der Waals surface area contributed by atoms with E-state index in [0.29, 0.717) is 0 Å². The summed E-state index contributed by atoms with van der Waals surface area (Å²) in [6, 6.07) is 6.02. The Labute approximate surface area is 121 Å². The first-order valence-corrected chi connectivity index (χ1v) is 8.21. The van der Waals surface area contributed by atoms with Crippen molar-refractivity contribution >= 4 is 28.6 Å². The average Bonchev–Trinajstić information content (AvgIpc) is 3.12. The normalized spacial score (nSPS) is 16.7. The van der Waals surface area contributed by atoms with Gasteiger partial charge < -0.3 is 4.90 Å². The molecule has 0 unspecified atom stereocenters. The van der Waals surface area contributed by atoms with Crippen molar-refractivity contribution in [3.63, 3.8) is 0 Å². The topological polar surface area (TPSA) is 23.6 Å². The maximum absolute atomic E-state index is 12.2. The number of carbonyl (C=O) groups excluding carboxylic acids is 1. The van der Waals surface area contributed by atoms with E-state index < -0.39 is 0 Å². The van der Waals surface area contributed by atoms with Gasteiger partial charge >= 0.3 is 0 Å². The van der Waals surface area contributed by atoms with Gasteiger partial charge in [-0.3, -0.25) is 9.69 Å². The van der Waals surface area contributed by atoms with Crippen LogP contribution in [0.2, 0.25) is 0 Å². The monoisotopic (exact) mass is 292 g/mol. The molecule has 19 heavy (non-hydrogen) atoms. The second-order valence-corrected chi connectivity index (χ2v) is 6.40. The Morgan fingerprint density at radius 1 is 1.16 bits per heavy atom. The van der Waals surface area contributed by atoms with Gasteiger partial charge in [-0.15, -0.1) is 11.3 Å². The molecule has 0 saturated carbocycles. The van der Waals surface area contributed by atoms with E-state index in [0.717, 1.165) is 37.6 Å². The fourth-order valence-corrected chi connectivity index (χ4v) is 3.66. The van der Waals surface area contributed by atoms with Gasteiger partial charge in [-0.25, -0.2) is 0 Å². The summed E-state index contributed by atoms with van der Waals surface area (Å²) in [6.07, 6.45) is 0. The van der Waals surface area contributed by atoms with Crippen LogP contribution in [0, 0.1) is 0 Å². The maximum Gasteiger partial charge on any atom is 0.264 e. The van der Waals surface area contributed by atoms with Gasteiger partial charge in [0.05, 0.1) is 4.88 Å². The van der Waals surface area contributed by atoms with Crippen molar-refractivity contribution < 1.29 is 4.79 Å². The van der Waals surface area contributed by atoms with Gasteiger partial charge in [0.2, 0.25) is 0 Å². The van der Waals surface area contributed by atoms with E-state index in [9.17, 15) is 4.79 Å². The zero-order chi connectivity index (χ0) is 13.1. The molecule has 3 heterocycles. The first-order chi connectivity index (χ1) is 9.33. The Morgan fingerprint density at radius 2 is 2.00 bits per heavy atom. The van der Waals surface area contributed by atoms with Gasteiger partial charge in [-0.1, -0.05) is 6.07 Å². The highest BCUT2D eigenvalue weighted by Gasteiger charge is 2.22. The minimum atomic E-state index is 0.185. The van der Waals surface area contributed by atoms with Crippen molar-refractivity contribution in [2.75, 3.05) is 26.2 Å². The molecule has 2 aromatic rings. The fourth-order valence-electron chi connectivity index (χ4n) is 2.31. The highest BCUT2D eigenvalue weighted by atomic mass is 32.1. The Kier molecular flexibility index (Phi) is 3.96. The van der Waals surface area contributed by atoms with Crippen LogP contribution in [-0.2, 0) is 6.54 Å². The highest BCUT2D eigenvalue weighted by Crippen LogP contribution is 2.15. The quantitative estimate of drug-likeness (QED) is 0.868. The predicted molar refractivity (Wildman–Crippen MR) is 79.8 cm³/mol. The van der Waals surface area contributed by atoms with E-state index >= 15 is 0 Å². The van der Waals surface area contributed by atoms with Crippen LogP contribution in [0.5, 0.6) is 0 Å². The molecule has 1 fully saturated rings. The molecule has 0 radical (unpaired) electrons. The largest absolute Gasteiger partial charge is 0.335 e. The average molecular weight is 292 g/mol. The lowest BCUT2D eigenvalue weighted by atomic mass is 10.2. The van der Waals surface area contributed by atoms with E-state index in [2.05, 4.69) is 21.7 Å². The van der Waals surface area contributed by atoms with Crippen molar-refractivity contribution in [3.8, 4) is 0 Å². The summed E-state index contributed by atoms with van der Waals surface area (Å²) in [4.78, 5) is 17.4. The molecular weight excluding hydrogens is 276 g/mol. The number of nitrogens with zero attached hydrogens (tertiary/aromatic N) is 2. The number of hydrogen-bond donors (Lipinski definition) is 0. The van der Waals surface area contributed by atoms with Gasteiger partial charge in [0.1, 0.15) is 0 Å². The zero-order valence-corrected chi connectivity index (χ0v) is 12.3. The lowest BCUT2D eigenvalue weighted by Crippen LogP contribution is -2.48. The van der Waals surface area contributed by atoms with Gasteiger partial charge in [0, 0.05) is 32.7 Å². The second-order valence-electron chi connectivity index (χ2n) is 4.68. The lowest BCUT2D eigenvalue weighted by Gasteiger charge is -2.34. The molecule has 2 aromatic heterocycles. The lowest BCUT2D eigenvalue weighted by molar-refractivity contribution is 0.0633. The van der Waals surface area contributed by atoms with E-state index in [1.54, 1.807) is 11.3 Å². The summed E-state index contributed by atoms with van der Waals surface area (Å²) in [6.45, 7) is 4.60. The molecule has 1 aliphatic heterocycles. The molecule has 0 bridgehead atoms. The molecule has 1 saturated heterocycles. The van der Waals surface area contributed by atoms with E-state index in [-0.39, 0.29) is 5.91 Å². The van der Waals surface area contributed by atoms with Crippen LogP contribution in [0.15, 0.2) is 34.3 Å². The number of thiophene rings is 2. The molecule has 5 heteroatoms. The van der Waals surface area contributed by atoms with E-state index in [4.69, 9.17) is 0 Å². The van der Waals surface area contributed by atoms with Gasteiger partial charge in [0.25, 0.3) is 5.91 Å². The van der Waals surface area contributed by atoms with Crippen LogP contribution < -0.4 is 0 Å². The van der Waals surface area contributed by atoms with Crippen molar-refractivity contribution in [1.29, 1.82) is 0 Å². The predicted octanol–water partition coefficient (Wildman–Crippen LogP) is 2.77. The molecule has 0 aliphatic carbocycles. The molecule has 0 N–H and O–H groups in total. The summed E-state index contributed by atoms with van der Waals surface area (Å²) in [5, 5.41) is 6.27. The summed E-state index contributed by atoms with van der Waals surface area (Å²) >= 11 is 3.27. The minimum Gasteiger partial charge on any atom is -0.335 e. The molecule has 3 rings (SSSR count). The summed E-state index contributed by atoms with van der Waals surface area (Å²) in [5.74, 6) is 0.185. The van der Waals surface area contributed by atoms with Gasteiger partial charge in [0.15, 0.2) is 0 Å². The standard InChI is InChI=1S/C14H16N2OS2/c17-14(13-2-1-8-19-13)16-6-4-15(5-7-16)10-12-3-9-18-11-12/h1-3,8-9,11H,4-7,10H2. The van der Waals surface area contributed by atoms with Crippen LogP contribution in [0.1, 0.15) is 15.2 Å². The first kappa shape index (κ1) is 12.8. The van der Waals surface area contributed by atoms with Crippen molar-refractivity contribution in [3.05, 3.63) is 44.8 Å². The third kappa shape index (κ3) is 3.05. The Morgan fingerprint density at radius 3 is 2.63 bits per heavy atom. The second kappa shape index (κ2) is 5.86. The maximum atomic E-state index is 12.2. The molecule has 1 aliphatic rings. The fraction of sp³-hybridized carbons (Fsp3) is 0.357. The number of hydrogen-bond acceptors (Lipinski definition) is 4.